The van der Waals surface area contributed by atoms with Crippen LogP contribution in [0.3, 0.4) is 0 Å². The summed E-state index contributed by atoms with van der Waals surface area (Å²) in [7, 11) is 1.62. The lowest BCUT2D eigenvalue weighted by atomic mass is 9.74. The molecule has 2 amide bonds. The molecule has 0 radical (unpaired) electrons. The van der Waals surface area contributed by atoms with Gasteiger partial charge in [-0.1, -0.05) is 0 Å². The van der Waals surface area contributed by atoms with E-state index in [0.717, 1.165) is 11.4 Å². The molecule has 2 atom stereocenters. The van der Waals surface area contributed by atoms with Crippen LogP contribution in [0.4, 0.5) is 5.69 Å². The SMILES string of the molecule is CNC(=O)[C@@]1(C)Cc2ncccc2N(C(C)=O)[C@H]1C. The predicted octanol–water partition coefficient (Wildman–Crippen LogP) is 1.13. The van der Waals surface area contributed by atoms with E-state index in [1.807, 2.05) is 26.0 Å². The van der Waals surface area contributed by atoms with Crippen molar-refractivity contribution < 1.29 is 9.59 Å². The second-order valence-corrected chi connectivity index (χ2v) is 5.21. The van der Waals surface area contributed by atoms with E-state index in [-0.39, 0.29) is 17.9 Å². The molecule has 0 unspecified atom stereocenters. The van der Waals surface area contributed by atoms with E-state index in [1.165, 1.54) is 6.92 Å². The summed E-state index contributed by atoms with van der Waals surface area (Å²) < 4.78 is 0. The number of pyridine rings is 1. The highest BCUT2D eigenvalue weighted by molar-refractivity contribution is 5.96. The van der Waals surface area contributed by atoms with Crippen LogP contribution in [0, 0.1) is 5.41 Å². The molecule has 1 aliphatic heterocycles. The van der Waals surface area contributed by atoms with E-state index in [1.54, 1.807) is 18.1 Å². The van der Waals surface area contributed by atoms with Gasteiger partial charge in [0.25, 0.3) is 0 Å². The number of rotatable bonds is 1. The molecule has 19 heavy (non-hydrogen) atoms. The molecule has 2 rings (SSSR count). The number of nitrogens with zero attached hydrogens (tertiary/aromatic N) is 2. The Morgan fingerprint density at radius 3 is 2.79 bits per heavy atom. The Hall–Kier alpha value is -1.91. The minimum atomic E-state index is -0.665. The summed E-state index contributed by atoms with van der Waals surface area (Å²) in [6, 6.07) is 3.48. The Balaban J connectivity index is 2.57. The van der Waals surface area contributed by atoms with Crippen molar-refractivity contribution in [3.8, 4) is 0 Å². The highest BCUT2D eigenvalue weighted by atomic mass is 16.2. The van der Waals surface area contributed by atoms with Crippen molar-refractivity contribution in [1.82, 2.24) is 10.3 Å². The van der Waals surface area contributed by atoms with Gasteiger partial charge in [-0.05, 0) is 26.0 Å². The second kappa shape index (κ2) is 4.64. The second-order valence-electron chi connectivity index (χ2n) is 5.21. The molecule has 0 aliphatic carbocycles. The fourth-order valence-electron chi connectivity index (χ4n) is 2.77. The smallest absolute Gasteiger partial charge is 0.228 e. The molecule has 5 heteroatoms. The van der Waals surface area contributed by atoms with Crippen LogP contribution in [-0.4, -0.2) is 29.9 Å². The largest absolute Gasteiger partial charge is 0.359 e. The first-order chi connectivity index (χ1) is 8.91. The van der Waals surface area contributed by atoms with Crippen molar-refractivity contribution in [2.75, 3.05) is 11.9 Å². The monoisotopic (exact) mass is 261 g/mol. The molecule has 102 valence electrons. The number of amides is 2. The fourth-order valence-corrected chi connectivity index (χ4v) is 2.77. The average Bonchev–Trinajstić information content (AvgIpc) is 2.38. The molecule has 1 aromatic rings. The van der Waals surface area contributed by atoms with Gasteiger partial charge in [-0.2, -0.15) is 0 Å². The third kappa shape index (κ3) is 1.99. The van der Waals surface area contributed by atoms with Gasteiger partial charge in [0.2, 0.25) is 11.8 Å². The lowest BCUT2D eigenvalue weighted by molar-refractivity contribution is -0.131. The Bertz CT molecular complexity index is 529. The summed E-state index contributed by atoms with van der Waals surface area (Å²) in [6.07, 6.45) is 2.23. The van der Waals surface area contributed by atoms with E-state index in [2.05, 4.69) is 10.3 Å². The first kappa shape index (κ1) is 13.5. The zero-order chi connectivity index (χ0) is 14.2. The molecule has 0 aromatic carbocycles. The van der Waals surface area contributed by atoms with Gasteiger partial charge >= 0.3 is 0 Å². The average molecular weight is 261 g/mol. The number of nitrogens with one attached hydrogen (secondary N) is 1. The molecule has 2 heterocycles. The third-order valence-corrected chi connectivity index (χ3v) is 4.05. The molecule has 1 N–H and O–H groups in total. The first-order valence-corrected chi connectivity index (χ1v) is 6.37. The molecule has 1 aliphatic rings. The molecular weight excluding hydrogens is 242 g/mol. The van der Waals surface area contributed by atoms with E-state index in [9.17, 15) is 9.59 Å². The summed E-state index contributed by atoms with van der Waals surface area (Å²) in [5.74, 6) is -0.140. The van der Waals surface area contributed by atoms with Gasteiger partial charge in [-0.25, -0.2) is 0 Å². The van der Waals surface area contributed by atoms with Crippen LogP contribution in [0.15, 0.2) is 18.3 Å². The predicted molar refractivity (Wildman–Crippen MR) is 72.7 cm³/mol. The topological polar surface area (TPSA) is 62.3 Å². The number of anilines is 1. The zero-order valence-electron chi connectivity index (χ0n) is 11.7. The summed E-state index contributed by atoms with van der Waals surface area (Å²) in [4.78, 5) is 30.1. The Morgan fingerprint density at radius 2 is 2.21 bits per heavy atom. The number of carbonyl (C=O) groups is 2. The van der Waals surface area contributed by atoms with Crippen LogP contribution in [0.25, 0.3) is 0 Å². The van der Waals surface area contributed by atoms with Crippen LogP contribution in [0.5, 0.6) is 0 Å². The van der Waals surface area contributed by atoms with Crippen LogP contribution < -0.4 is 10.2 Å². The van der Waals surface area contributed by atoms with Crippen molar-refractivity contribution in [2.45, 2.75) is 33.2 Å². The normalized spacial score (nSPS) is 25.7. The summed E-state index contributed by atoms with van der Waals surface area (Å²) in [6.45, 7) is 5.31. The van der Waals surface area contributed by atoms with Gasteiger partial charge in [0.05, 0.1) is 16.8 Å². The molecule has 0 saturated heterocycles. The molecule has 0 fully saturated rings. The van der Waals surface area contributed by atoms with Gasteiger partial charge in [0.15, 0.2) is 0 Å². The summed E-state index contributed by atoms with van der Waals surface area (Å²) in [5.41, 5.74) is 0.938. The number of fused-ring (bicyclic) bond motifs is 1. The third-order valence-electron chi connectivity index (χ3n) is 4.05. The van der Waals surface area contributed by atoms with Gasteiger partial charge in [0, 0.05) is 32.6 Å². The van der Waals surface area contributed by atoms with Gasteiger partial charge in [-0.3, -0.25) is 14.6 Å². The van der Waals surface area contributed by atoms with Gasteiger partial charge in [0.1, 0.15) is 0 Å². The molecule has 1 aromatic heterocycles. The van der Waals surface area contributed by atoms with E-state index < -0.39 is 5.41 Å². The Kier molecular flexibility index (Phi) is 3.30. The maximum atomic E-state index is 12.2. The highest BCUT2D eigenvalue weighted by Gasteiger charge is 2.47. The molecule has 0 saturated carbocycles. The summed E-state index contributed by atoms with van der Waals surface area (Å²) in [5, 5.41) is 2.69. The lowest BCUT2D eigenvalue weighted by Crippen LogP contribution is -2.57. The van der Waals surface area contributed by atoms with Gasteiger partial charge < -0.3 is 10.2 Å². The Morgan fingerprint density at radius 1 is 1.53 bits per heavy atom. The van der Waals surface area contributed by atoms with Crippen LogP contribution >= 0.6 is 0 Å². The zero-order valence-corrected chi connectivity index (χ0v) is 11.7. The van der Waals surface area contributed by atoms with E-state index >= 15 is 0 Å². The fraction of sp³-hybridized carbons (Fsp3) is 0.500. The molecular formula is C14H19N3O2. The van der Waals surface area contributed by atoms with Gasteiger partial charge in [-0.15, -0.1) is 0 Å². The Labute approximate surface area is 113 Å². The van der Waals surface area contributed by atoms with E-state index in [4.69, 9.17) is 0 Å². The standard InChI is InChI=1S/C14H19N3O2/c1-9-14(3,13(19)15-4)8-11-12(6-5-7-16-11)17(9)10(2)18/h5-7,9H,8H2,1-4H3,(H,15,19)/t9-,14-/m0/s1. The lowest BCUT2D eigenvalue weighted by Gasteiger charge is -2.45. The number of hydrogen-bond donors (Lipinski definition) is 1. The van der Waals surface area contributed by atoms with Crippen LogP contribution in [0.1, 0.15) is 26.5 Å². The van der Waals surface area contributed by atoms with Crippen molar-refractivity contribution >= 4 is 17.5 Å². The van der Waals surface area contributed by atoms with Crippen molar-refractivity contribution in [3.63, 3.8) is 0 Å². The highest BCUT2D eigenvalue weighted by Crippen LogP contribution is 2.40. The quantitative estimate of drug-likeness (QED) is 0.824. The van der Waals surface area contributed by atoms with Crippen molar-refractivity contribution in [3.05, 3.63) is 24.0 Å². The van der Waals surface area contributed by atoms with Crippen molar-refractivity contribution in [2.24, 2.45) is 5.41 Å². The maximum absolute atomic E-state index is 12.2. The van der Waals surface area contributed by atoms with Crippen LogP contribution in [0.2, 0.25) is 0 Å². The van der Waals surface area contributed by atoms with Crippen LogP contribution in [-0.2, 0) is 16.0 Å². The first-order valence-electron chi connectivity index (χ1n) is 6.37. The summed E-state index contributed by atoms with van der Waals surface area (Å²) >= 11 is 0. The maximum Gasteiger partial charge on any atom is 0.228 e. The number of hydrogen-bond acceptors (Lipinski definition) is 3. The molecule has 0 spiro atoms. The minimum absolute atomic E-state index is 0.0671. The van der Waals surface area contributed by atoms with E-state index in [0.29, 0.717) is 6.42 Å². The van der Waals surface area contributed by atoms with Crippen molar-refractivity contribution in [1.29, 1.82) is 0 Å². The number of aromatic nitrogens is 1. The molecule has 0 bridgehead atoms. The number of carbonyl (C=O) groups excluding carboxylic acids is 2. The minimum Gasteiger partial charge on any atom is -0.359 e. The molecule has 5 nitrogen and oxygen atoms in total.